The molecule has 0 atom stereocenters. The van der Waals surface area contributed by atoms with Crippen LogP contribution in [0.2, 0.25) is 0 Å². The van der Waals surface area contributed by atoms with E-state index in [0.29, 0.717) is 30.0 Å². The summed E-state index contributed by atoms with van der Waals surface area (Å²) in [5, 5.41) is 3.20. The Kier molecular flexibility index (Phi) is 4.86. The van der Waals surface area contributed by atoms with Crippen LogP contribution in [-0.2, 0) is 0 Å². The Balaban J connectivity index is 1.55. The molecule has 0 bridgehead atoms. The van der Waals surface area contributed by atoms with Crippen LogP contribution in [0.5, 0.6) is 11.6 Å². The third-order valence-electron chi connectivity index (χ3n) is 4.76. The maximum absolute atomic E-state index is 6.05. The number of H-pyrrole nitrogens is 1. The van der Waals surface area contributed by atoms with Crippen LogP contribution in [0.4, 0.5) is 11.6 Å². The Morgan fingerprint density at radius 3 is 2.92 bits per heavy atom. The summed E-state index contributed by atoms with van der Waals surface area (Å²) in [6, 6.07) is 7.63. The molecule has 4 rings (SSSR count). The molecule has 2 aromatic heterocycles. The third-order valence-corrected chi connectivity index (χ3v) is 4.76. The lowest BCUT2D eigenvalue weighted by Gasteiger charge is -2.21. The molecule has 1 fully saturated rings. The first-order valence-electron chi connectivity index (χ1n) is 9.07. The Morgan fingerprint density at radius 1 is 1.19 bits per heavy atom. The summed E-state index contributed by atoms with van der Waals surface area (Å²) < 4.78 is 11.3. The van der Waals surface area contributed by atoms with Gasteiger partial charge < -0.3 is 19.8 Å². The number of hydrogen-bond donors (Lipinski definition) is 2. The normalized spacial score (nSPS) is 15.1. The first kappa shape index (κ1) is 16.6. The van der Waals surface area contributed by atoms with E-state index in [-0.39, 0.29) is 0 Å². The van der Waals surface area contributed by atoms with Gasteiger partial charge in [0.1, 0.15) is 11.3 Å². The first-order valence-corrected chi connectivity index (χ1v) is 9.07. The SMILES string of the molecule is COc1cccc(Nc2nc(OCC3CCCCC3)c3[nH]cnc3n2)c1. The number of methoxy groups -OCH3 is 1. The molecule has 7 heteroatoms. The Bertz CT molecular complexity index is 873. The molecule has 2 N–H and O–H groups in total. The molecule has 26 heavy (non-hydrogen) atoms. The van der Waals surface area contributed by atoms with E-state index in [0.717, 1.165) is 17.0 Å². The highest BCUT2D eigenvalue weighted by Crippen LogP contribution is 2.27. The van der Waals surface area contributed by atoms with Crippen molar-refractivity contribution in [1.29, 1.82) is 0 Å². The molecule has 0 saturated heterocycles. The predicted octanol–water partition coefficient (Wildman–Crippen LogP) is 4.06. The molecule has 0 unspecified atom stereocenters. The highest BCUT2D eigenvalue weighted by Gasteiger charge is 2.17. The fraction of sp³-hybridized carbons (Fsp3) is 0.421. The maximum Gasteiger partial charge on any atom is 0.245 e. The minimum Gasteiger partial charge on any atom is -0.497 e. The molecular weight excluding hydrogens is 330 g/mol. The minimum absolute atomic E-state index is 0.455. The summed E-state index contributed by atoms with van der Waals surface area (Å²) in [5.74, 6) is 2.37. The van der Waals surface area contributed by atoms with Gasteiger partial charge in [-0.2, -0.15) is 9.97 Å². The summed E-state index contributed by atoms with van der Waals surface area (Å²) in [6.07, 6.45) is 7.99. The number of hydrogen-bond acceptors (Lipinski definition) is 6. The maximum atomic E-state index is 6.05. The van der Waals surface area contributed by atoms with Crippen molar-refractivity contribution < 1.29 is 9.47 Å². The van der Waals surface area contributed by atoms with Crippen molar-refractivity contribution in [1.82, 2.24) is 19.9 Å². The van der Waals surface area contributed by atoms with Gasteiger partial charge in [-0.3, -0.25) is 0 Å². The molecule has 0 radical (unpaired) electrons. The van der Waals surface area contributed by atoms with E-state index in [9.17, 15) is 0 Å². The van der Waals surface area contributed by atoms with E-state index in [4.69, 9.17) is 9.47 Å². The standard InChI is InChI=1S/C19H23N5O2/c1-25-15-9-5-8-14(10-15)22-19-23-17-16(20-12-21-17)18(24-19)26-11-13-6-3-2-4-7-13/h5,8-10,12-13H,2-4,6-7,11H2,1H3,(H2,20,21,22,23,24). The fourth-order valence-electron chi connectivity index (χ4n) is 3.35. The second-order valence-corrected chi connectivity index (χ2v) is 6.63. The smallest absolute Gasteiger partial charge is 0.245 e. The van der Waals surface area contributed by atoms with Crippen LogP contribution < -0.4 is 14.8 Å². The summed E-state index contributed by atoms with van der Waals surface area (Å²) in [4.78, 5) is 16.3. The second-order valence-electron chi connectivity index (χ2n) is 6.63. The molecule has 0 aliphatic heterocycles. The van der Waals surface area contributed by atoms with Crippen LogP contribution in [0.1, 0.15) is 32.1 Å². The third kappa shape index (κ3) is 3.71. The number of benzene rings is 1. The largest absolute Gasteiger partial charge is 0.497 e. The van der Waals surface area contributed by atoms with Crippen molar-refractivity contribution in [3.63, 3.8) is 0 Å². The Morgan fingerprint density at radius 2 is 2.08 bits per heavy atom. The lowest BCUT2D eigenvalue weighted by molar-refractivity contribution is 0.205. The topological polar surface area (TPSA) is 85.0 Å². The van der Waals surface area contributed by atoms with Gasteiger partial charge in [0, 0.05) is 11.8 Å². The zero-order valence-electron chi connectivity index (χ0n) is 14.9. The number of aromatic amines is 1. The molecule has 1 aromatic carbocycles. The van der Waals surface area contributed by atoms with E-state index < -0.39 is 0 Å². The molecule has 2 heterocycles. The van der Waals surface area contributed by atoms with Crippen LogP contribution >= 0.6 is 0 Å². The van der Waals surface area contributed by atoms with Crippen LogP contribution in [-0.4, -0.2) is 33.7 Å². The van der Waals surface area contributed by atoms with Crippen molar-refractivity contribution in [3.8, 4) is 11.6 Å². The van der Waals surface area contributed by atoms with Gasteiger partial charge in [-0.1, -0.05) is 25.3 Å². The lowest BCUT2D eigenvalue weighted by atomic mass is 9.90. The van der Waals surface area contributed by atoms with Gasteiger partial charge in [-0.05, 0) is 30.9 Å². The minimum atomic E-state index is 0.455. The Labute approximate surface area is 152 Å². The number of aromatic nitrogens is 4. The molecule has 1 aliphatic carbocycles. The number of nitrogens with zero attached hydrogens (tertiary/aromatic N) is 3. The van der Waals surface area contributed by atoms with Gasteiger partial charge in [-0.25, -0.2) is 4.98 Å². The van der Waals surface area contributed by atoms with Gasteiger partial charge in [-0.15, -0.1) is 0 Å². The molecule has 0 spiro atoms. The fourth-order valence-corrected chi connectivity index (χ4v) is 3.35. The van der Waals surface area contributed by atoms with Crippen molar-refractivity contribution in [2.24, 2.45) is 5.92 Å². The number of imidazole rings is 1. The van der Waals surface area contributed by atoms with E-state index in [1.165, 1.54) is 32.1 Å². The number of rotatable bonds is 6. The van der Waals surface area contributed by atoms with E-state index in [1.54, 1.807) is 13.4 Å². The average molecular weight is 353 g/mol. The molecule has 136 valence electrons. The van der Waals surface area contributed by atoms with E-state index >= 15 is 0 Å². The van der Waals surface area contributed by atoms with Crippen molar-refractivity contribution in [2.45, 2.75) is 32.1 Å². The van der Waals surface area contributed by atoms with Crippen molar-refractivity contribution in [2.75, 3.05) is 19.0 Å². The number of ether oxygens (including phenoxy) is 2. The summed E-state index contributed by atoms with van der Waals surface area (Å²) in [7, 11) is 1.64. The van der Waals surface area contributed by atoms with Crippen molar-refractivity contribution in [3.05, 3.63) is 30.6 Å². The average Bonchev–Trinajstić information content (AvgIpc) is 3.16. The van der Waals surface area contributed by atoms with Crippen LogP contribution in [0.3, 0.4) is 0 Å². The molecule has 1 aliphatic rings. The lowest BCUT2D eigenvalue weighted by Crippen LogP contribution is -2.16. The highest BCUT2D eigenvalue weighted by atomic mass is 16.5. The quantitative estimate of drug-likeness (QED) is 0.695. The predicted molar refractivity (Wildman–Crippen MR) is 100 cm³/mol. The summed E-state index contributed by atoms with van der Waals surface area (Å²) in [6.45, 7) is 0.684. The summed E-state index contributed by atoms with van der Waals surface area (Å²) >= 11 is 0. The number of anilines is 2. The van der Waals surface area contributed by atoms with Gasteiger partial charge in [0.05, 0.1) is 20.0 Å². The van der Waals surface area contributed by atoms with Gasteiger partial charge >= 0.3 is 0 Å². The monoisotopic (exact) mass is 353 g/mol. The van der Waals surface area contributed by atoms with Crippen LogP contribution in [0.15, 0.2) is 30.6 Å². The molecule has 3 aromatic rings. The second kappa shape index (κ2) is 7.59. The van der Waals surface area contributed by atoms with Gasteiger partial charge in [0.25, 0.3) is 0 Å². The van der Waals surface area contributed by atoms with Gasteiger partial charge in [0.2, 0.25) is 11.8 Å². The molecular formula is C19H23N5O2. The molecule has 7 nitrogen and oxygen atoms in total. The number of nitrogens with one attached hydrogen (secondary N) is 2. The van der Waals surface area contributed by atoms with Gasteiger partial charge in [0.15, 0.2) is 5.65 Å². The summed E-state index contributed by atoms with van der Waals surface area (Å²) in [5.41, 5.74) is 2.17. The highest BCUT2D eigenvalue weighted by molar-refractivity contribution is 5.77. The first-order chi connectivity index (χ1) is 12.8. The van der Waals surface area contributed by atoms with Crippen LogP contribution in [0, 0.1) is 5.92 Å². The van der Waals surface area contributed by atoms with E-state index in [2.05, 4.69) is 25.3 Å². The molecule has 0 amide bonds. The van der Waals surface area contributed by atoms with Crippen molar-refractivity contribution >= 4 is 22.8 Å². The number of fused-ring (bicyclic) bond motifs is 1. The Hall–Kier alpha value is -2.83. The molecule has 1 saturated carbocycles. The van der Waals surface area contributed by atoms with Crippen LogP contribution in [0.25, 0.3) is 11.2 Å². The van der Waals surface area contributed by atoms with E-state index in [1.807, 2.05) is 24.3 Å². The zero-order valence-corrected chi connectivity index (χ0v) is 14.9. The zero-order chi connectivity index (χ0) is 17.8.